The summed E-state index contributed by atoms with van der Waals surface area (Å²) in [5.41, 5.74) is 3.35. The van der Waals surface area contributed by atoms with Crippen LogP contribution in [-0.2, 0) is 9.47 Å². The second kappa shape index (κ2) is 9.66. The standard InChI is InChI=1S/C14H30N2O3/c1-4-18-8-9-19-11-14(17)10-15-16-12(2)6-5-7-13(16)3/h12-15,17H,4-11H2,1-3H3. The summed E-state index contributed by atoms with van der Waals surface area (Å²) in [5.74, 6) is 0. The van der Waals surface area contributed by atoms with E-state index in [1.165, 1.54) is 19.3 Å². The normalized spacial score (nSPS) is 26.5. The van der Waals surface area contributed by atoms with Crippen LogP contribution in [-0.4, -0.2) is 61.3 Å². The van der Waals surface area contributed by atoms with Gasteiger partial charge in [-0.25, -0.2) is 5.01 Å². The van der Waals surface area contributed by atoms with Crippen LogP contribution in [0.2, 0.25) is 0 Å². The second-order valence-corrected chi connectivity index (χ2v) is 5.32. The van der Waals surface area contributed by atoms with E-state index in [1.54, 1.807) is 0 Å². The van der Waals surface area contributed by atoms with Crippen LogP contribution in [0.1, 0.15) is 40.0 Å². The molecular formula is C14H30N2O3. The molecule has 0 aromatic carbocycles. The molecule has 5 nitrogen and oxygen atoms in total. The van der Waals surface area contributed by atoms with Crippen molar-refractivity contribution in [2.75, 3.05) is 33.0 Å². The molecule has 5 heteroatoms. The van der Waals surface area contributed by atoms with E-state index in [4.69, 9.17) is 9.47 Å². The molecule has 0 saturated carbocycles. The SMILES string of the molecule is CCOCCOCC(O)CNN1C(C)CCCC1C. The number of aliphatic hydroxyl groups is 1. The number of aliphatic hydroxyl groups excluding tert-OH is 1. The third-order valence-corrected chi connectivity index (χ3v) is 3.59. The van der Waals surface area contributed by atoms with Gasteiger partial charge in [0.1, 0.15) is 0 Å². The first kappa shape index (κ1) is 16.9. The fourth-order valence-electron chi connectivity index (χ4n) is 2.48. The fourth-order valence-corrected chi connectivity index (χ4v) is 2.48. The zero-order chi connectivity index (χ0) is 14.1. The van der Waals surface area contributed by atoms with Gasteiger partial charge < -0.3 is 14.6 Å². The molecule has 1 saturated heterocycles. The van der Waals surface area contributed by atoms with E-state index >= 15 is 0 Å². The van der Waals surface area contributed by atoms with Crippen LogP contribution < -0.4 is 5.43 Å². The molecule has 0 aromatic heterocycles. The Bertz CT molecular complexity index is 219. The molecule has 0 aliphatic carbocycles. The smallest absolute Gasteiger partial charge is 0.0911 e. The molecule has 3 atom stereocenters. The van der Waals surface area contributed by atoms with E-state index in [0.717, 1.165) is 0 Å². The predicted octanol–water partition coefficient (Wildman–Crippen LogP) is 1.17. The Kier molecular flexibility index (Phi) is 8.57. The van der Waals surface area contributed by atoms with Crippen LogP contribution in [0.4, 0.5) is 0 Å². The van der Waals surface area contributed by atoms with Crippen LogP contribution in [0, 0.1) is 0 Å². The maximum Gasteiger partial charge on any atom is 0.0911 e. The van der Waals surface area contributed by atoms with Crippen molar-refractivity contribution in [3.8, 4) is 0 Å². The first-order chi connectivity index (χ1) is 9.15. The fraction of sp³-hybridized carbons (Fsp3) is 1.00. The van der Waals surface area contributed by atoms with Crippen LogP contribution in [0.3, 0.4) is 0 Å². The van der Waals surface area contributed by atoms with Crippen LogP contribution in [0.5, 0.6) is 0 Å². The Balaban J connectivity index is 2.09. The van der Waals surface area contributed by atoms with Crippen molar-refractivity contribution in [1.82, 2.24) is 10.4 Å². The maximum absolute atomic E-state index is 9.85. The van der Waals surface area contributed by atoms with Gasteiger partial charge in [0, 0.05) is 25.2 Å². The first-order valence-corrected chi connectivity index (χ1v) is 7.50. The molecule has 114 valence electrons. The minimum absolute atomic E-state index is 0.358. The summed E-state index contributed by atoms with van der Waals surface area (Å²) in [6.45, 7) is 9.16. The highest BCUT2D eigenvalue weighted by Gasteiger charge is 2.24. The van der Waals surface area contributed by atoms with Crippen molar-refractivity contribution >= 4 is 0 Å². The van der Waals surface area contributed by atoms with E-state index in [0.29, 0.717) is 45.1 Å². The lowest BCUT2D eigenvalue weighted by atomic mass is 10.00. The summed E-state index contributed by atoms with van der Waals surface area (Å²) in [7, 11) is 0. The number of piperidine rings is 1. The van der Waals surface area contributed by atoms with Gasteiger partial charge in [-0.05, 0) is 33.6 Å². The van der Waals surface area contributed by atoms with Gasteiger partial charge in [0.25, 0.3) is 0 Å². The second-order valence-electron chi connectivity index (χ2n) is 5.32. The van der Waals surface area contributed by atoms with Gasteiger partial charge in [0.15, 0.2) is 0 Å². The van der Waals surface area contributed by atoms with Crippen LogP contribution >= 0.6 is 0 Å². The third-order valence-electron chi connectivity index (χ3n) is 3.59. The van der Waals surface area contributed by atoms with Crippen molar-refractivity contribution in [2.45, 2.75) is 58.2 Å². The molecule has 0 amide bonds. The molecule has 3 unspecified atom stereocenters. The molecule has 1 aliphatic rings. The number of hydrogen-bond acceptors (Lipinski definition) is 5. The Morgan fingerprint density at radius 1 is 1.21 bits per heavy atom. The molecule has 19 heavy (non-hydrogen) atoms. The first-order valence-electron chi connectivity index (χ1n) is 7.50. The number of ether oxygens (including phenoxy) is 2. The Labute approximate surface area is 117 Å². The number of hydrazine groups is 1. The van der Waals surface area contributed by atoms with Gasteiger partial charge >= 0.3 is 0 Å². The van der Waals surface area contributed by atoms with Gasteiger partial charge in [-0.15, -0.1) is 0 Å². The Morgan fingerprint density at radius 3 is 2.47 bits per heavy atom. The van der Waals surface area contributed by atoms with Crippen molar-refractivity contribution in [3.05, 3.63) is 0 Å². The topological polar surface area (TPSA) is 54.0 Å². The molecule has 0 aromatic rings. The van der Waals surface area contributed by atoms with E-state index in [9.17, 15) is 5.11 Å². The molecule has 1 aliphatic heterocycles. The predicted molar refractivity (Wildman–Crippen MR) is 75.9 cm³/mol. The lowest BCUT2D eigenvalue weighted by molar-refractivity contribution is -0.0151. The molecule has 0 bridgehead atoms. The average Bonchev–Trinajstić information content (AvgIpc) is 2.38. The zero-order valence-electron chi connectivity index (χ0n) is 12.6. The molecular weight excluding hydrogens is 244 g/mol. The lowest BCUT2D eigenvalue weighted by Gasteiger charge is -2.39. The summed E-state index contributed by atoms with van der Waals surface area (Å²) in [6.07, 6.45) is 3.27. The minimum Gasteiger partial charge on any atom is -0.389 e. The largest absolute Gasteiger partial charge is 0.389 e. The van der Waals surface area contributed by atoms with E-state index in [1.807, 2.05) is 6.92 Å². The van der Waals surface area contributed by atoms with Crippen molar-refractivity contribution in [3.63, 3.8) is 0 Å². The van der Waals surface area contributed by atoms with E-state index in [2.05, 4.69) is 24.3 Å². The van der Waals surface area contributed by atoms with Crippen LogP contribution in [0.15, 0.2) is 0 Å². The van der Waals surface area contributed by atoms with E-state index < -0.39 is 6.10 Å². The highest BCUT2D eigenvalue weighted by molar-refractivity contribution is 4.77. The van der Waals surface area contributed by atoms with E-state index in [-0.39, 0.29) is 0 Å². The Hall–Kier alpha value is -0.200. The number of hydrogen-bond donors (Lipinski definition) is 2. The molecule has 0 spiro atoms. The van der Waals surface area contributed by atoms with Crippen molar-refractivity contribution in [2.24, 2.45) is 0 Å². The highest BCUT2D eigenvalue weighted by atomic mass is 16.5. The molecule has 1 rings (SSSR count). The molecule has 0 radical (unpaired) electrons. The number of nitrogens with one attached hydrogen (secondary N) is 1. The number of rotatable bonds is 9. The summed E-state index contributed by atoms with van der Waals surface area (Å²) in [6, 6.07) is 1.07. The van der Waals surface area contributed by atoms with Gasteiger partial charge in [-0.1, -0.05) is 6.42 Å². The summed E-state index contributed by atoms with van der Waals surface area (Å²) in [5, 5.41) is 12.1. The summed E-state index contributed by atoms with van der Waals surface area (Å²) in [4.78, 5) is 0. The van der Waals surface area contributed by atoms with Gasteiger partial charge in [0.05, 0.1) is 25.9 Å². The minimum atomic E-state index is -0.469. The van der Waals surface area contributed by atoms with Gasteiger partial charge in [0.2, 0.25) is 0 Å². The zero-order valence-corrected chi connectivity index (χ0v) is 12.6. The molecule has 2 N–H and O–H groups in total. The summed E-state index contributed by atoms with van der Waals surface area (Å²) >= 11 is 0. The van der Waals surface area contributed by atoms with Crippen LogP contribution in [0.25, 0.3) is 0 Å². The molecule has 1 heterocycles. The lowest BCUT2D eigenvalue weighted by Crippen LogP contribution is -2.54. The van der Waals surface area contributed by atoms with Crippen molar-refractivity contribution < 1.29 is 14.6 Å². The maximum atomic E-state index is 9.85. The van der Waals surface area contributed by atoms with Gasteiger partial charge in [-0.2, -0.15) is 0 Å². The number of nitrogens with zero attached hydrogens (tertiary/aromatic N) is 1. The quantitative estimate of drug-likeness (QED) is 0.618. The monoisotopic (exact) mass is 274 g/mol. The molecule has 1 fully saturated rings. The van der Waals surface area contributed by atoms with Gasteiger partial charge in [-0.3, -0.25) is 5.43 Å². The summed E-state index contributed by atoms with van der Waals surface area (Å²) < 4.78 is 10.5. The average molecular weight is 274 g/mol. The third kappa shape index (κ3) is 6.68. The Morgan fingerprint density at radius 2 is 1.84 bits per heavy atom. The van der Waals surface area contributed by atoms with Crippen molar-refractivity contribution in [1.29, 1.82) is 0 Å². The highest BCUT2D eigenvalue weighted by Crippen LogP contribution is 2.19.